The molecule has 0 aliphatic carbocycles. The lowest BCUT2D eigenvalue weighted by Crippen LogP contribution is -2.25. The van der Waals surface area contributed by atoms with E-state index in [1.807, 2.05) is 39.8 Å². The van der Waals surface area contributed by atoms with Crippen LogP contribution in [-0.4, -0.2) is 22.3 Å². The van der Waals surface area contributed by atoms with E-state index in [4.69, 9.17) is 10.9 Å². The second-order valence-electron chi connectivity index (χ2n) is 10.1. The summed E-state index contributed by atoms with van der Waals surface area (Å²) in [5.74, 6) is 0.000296. The van der Waals surface area contributed by atoms with Crippen LogP contribution in [0.5, 0.6) is 11.5 Å². The fourth-order valence-electron chi connectivity index (χ4n) is 4.02. The second kappa shape index (κ2) is 11.6. The van der Waals surface area contributed by atoms with Crippen molar-refractivity contribution in [2.24, 2.45) is 10.9 Å². The van der Waals surface area contributed by atoms with Crippen molar-refractivity contribution in [1.82, 2.24) is 4.98 Å². The maximum absolute atomic E-state index is 13.3. The number of rotatable bonds is 7. The van der Waals surface area contributed by atoms with Gasteiger partial charge >= 0.3 is 6.29 Å². The molecule has 2 heterocycles. The molecule has 0 bridgehead atoms. The number of nitrogens with zero attached hydrogens (tertiary/aromatic N) is 1. The van der Waals surface area contributed by atoms with Crippen LogP contribution in [0.2, 0.25) is 0 Å². The minimum atomic E-state index is -3.64. The number of primary amides is 1. The lowest BCUT2D eigenvalue weighted by molar-refractivity contribution is -0.286. The van der Waals surface area contributed by atoms with Crippen LogP contribution in [0.1, 0.15) is 74.9 Å². The van der Waals surface area contributed by atoms with Crippen molar-refractivity contribution >= 4 is 29.2 Å². The Morgan fingerprint density at radius 3 is 2.11 bits per heavy atom. The molecule has 0 saturated heterocycles. The van der Waals surface area contributed by atoms with Crippen molar-refractivity contribution in [3.05, 3.63) is 58.1 Å². The Hall–Kier alpha value is -2.73. The largest absolute Gasteiger partial charge is 0.586 e. The number of ether oxygens (including phenoxy) is 2. The highest BCUT2D eigenvalue weighted by Crippen LogP contribution is 2.44. The van der Waals surface area contributed by atoms with Crippen molar-refractivity contribution in [2.75, 3.05) is 0 Å². The first-order valence-electron chi connectivity index (χ1n) is 12.0. The highest BCUT2D eigenvalue weighted by atomic mass is 32.2. The third kappa shape index (κ3) is 7.22. The van der Waals surface area contributed by atoms with Crippen LogP contribution in [0.25, 0.3) is 11.1 Å². The number of carbonyl (C=O) groups excluding carboxylic acids is 1. The van der Waals surface area contributed by atoms with Gasteiger partial charge in [0.1, 0.15) is 0 Å². The summed E-state index contributed by atoms with van der Waals surface area (Å²) in [6.07, 6.45) is -1.81. The van der Waals surface area contributed by atoms with Gasteiger partial charge in [0, 0.05) is 6.20 Å². The summed E-state index contributed by atoms with van der Waals surface area (Å²) < 4.78 is 36.4. The number of benzene rings is 2. The van der Waals surface area contributed by atoms with Gasteiger partial charge in [0.15, 0.2) is 15.8 Å². The molecule has 0 atom stereocenters. The van der Waals surface area contributed by atoms with Crippen LogP contribution in [-0.2, 0) is 16.8 Å². The molecule has 11 heteroatoms. The Labute approximate surface area is 229 Å². The topological polar surface area (TPSA) is 121 Å². The fraction of sp³-hybridized carbons (Fsp3) is 0.407. The van der Waals surface area contributed by atoms with Gasteiger partial charge in [-0.1, -0.05) is 45.9 Å². The maximum Gasteiger partial charge on any atom is 0.586 e. The SMILES string of the molecule is CC(C)(O)c1cnc(SN)s1.CC(C)c1cc(-c2ccc3c(c2)OC(F)(F)O3)cc(C(C)C)c1CC(N)=O. The molecule has 5 N–H and O–H groups in total. The summed E-state index contributed by atoms with van der Waals surface area (Å²) in [4.78, 5) is 16.4. The van der Waals surface area contributed by atoms with Crippen LogP contribution in [0.4, 0.5) is 8.78 Å². The highest BCUT2D eigenvalue weighted by molar-refractivity contribution is 7.98. The van der Waals surface area contributed by atoms with E-state index in [-0.39, 0.29) is 35.7 Å². The van der Waals surface area contributed by atoms with Crippen LogP contribution in [0, 0.1) is 0 Å². The average molecular weight is 566 g/mol. The highest BCUT2D eigenvalue weighted by Gasteiger charge is 2.43. The van der Waals surface area contributed by atoms with Gasteiger partial charge in [-0.05, 0) is 77.6 Å². The molecule has 2 aromatic carbocycles. The molecule has 1 aliphatic rings. The summed E-state index contributed by atoms with van der Waals surface area (Å²) >= 11 is 2.52. The van der Waals surface area contributed by atoms with E-state index in [1.165, 1.54) is 17.4 Å². The van der Waals surface area contributed by atoms with Crippen LogP contribution in [0.3, 0.4) is 0 Å². The molecule has 7 nitrogen and oxygen atoms in total. The Bertz CT molecular complexity index is 1270. The molecule has 0 saturated carbocycles. The first-order valence-corrected chi connectivity index (χ1v) is 13.7. The Morgan fingerprint density at radius 2 is 1.66 bits per heavy atom. The van der Waals surface area contributed by atoms with Gasteiger partial charge in [0.25, 0.3) is 0 Å². The van der Waals surface area contributed by atoms with E-state index < -0.39 is 11.9 Å². The average Bonchev–Trinajstić information content (AvgIpc) is 3.41. The third-order valence-electron chi connectivity index (χ3n) is 5.84. The molecule has 0 spiro atoms. The summed E-state index contributed by atoms with van der Waals surface area (Å²) in [5, 5.41) is 14.8. The van der Waals surface area contributed by atoms with Gasteiger partial charge in [-0.25, -0.2) is 4.98 Å². The quantitative estimate of drug-likeness (QED) is 0.288. The first-order chi connectivity index (χ1) is 17.6. The van der Waals surface area contributed by atoms with Crippen molar-refractivity contribution in [1.29, 1.82) is 0 Å². The lowest BCUT2D eigenvalue weighted by atomic mass is 9.84. The zero-order valence-corrected chi connectivity index (χ0v) is 23.8. The standard InChI is InChI=1S/C21H23F2NO3.C6H10N2OS2/c1-11(2)15-7-14(8-16(12(3)4)17(15)10-20(24)25)13-5-6-18-19(9-13)27-21(22,23)26-18;1-6(2,9)4-3-8-5(10-4)11-7/h5-9,11-12H,10H2,1-4H3,(H2,24,25);3,9H,7H2,1-2H3. The molecule has 0 unspecified atom stereocenters. The van der Waals surface area contributed by atoms with E-state index in [1.54, 1.807) is 32.2 Å². The van der Waals surface area contributed by atoms with Crippen molar-refractivity contribution in [2.45, 2.75) is 76.0 Å². The number of thiazole rings is 1. The van der Waals surface area contributed by atoms with Crippen LogP contribution >= 0.6 is 23.3 Å². The monoisotopic (exact) mass is 565 g/mol. The van der Waals surface area contributed by atoms with Crippen molar-refractivity contribution < 1.29 is 28.2 Å². The van der Waals surface area contributed by atoms with E-state index in [2.05, 4.69) is 14.5 Å². The Balaban J connectivity index is 0.000000304. The number of nitrogens with two attached hydrogens (primary N) is 2. The molecular formula is C27H33F2N3O4S2. The van der Waals surface area contributed by atoms with Gasteiger partial charge in [-0.15, -0.1) is 20.1 Å². The number of alkyl halides is 2. The minimum Gasteiger partial charge on any atom is -0.395 e. The number of halogens is 2. The fourth-order valence-corrected chi connectivity index (χ4v) is 5.24. The minimum absolute atomic E-state index is 0.0101. The number of carbonyl (C=O) groups is 1. The normalized spacial score (nSPS) is 14.0. The summed E-state index contributed by atoms with van der Waals surface area (Å²) in [5.41, 5.74) is 9.27. The zero-order valence-electron chi connectivity index (χ0n) is 22.2. The second-order valence-corrected chi connectivity index (χ2v) is 12.0. The molecule has 4 rings (SSSR count). The van der Waals surface area contributed by atoms with Gasteiger partial charge in [-0.2, -0.15) is 0 Å². The zero-order chi connectivity index (χ0) is 28.4. The molecule has 1 aliphatic heterocycles. The molecule has 0 fully saturated rings. The Kier molecular flexibility index (Phi) is 9.08. The first kappa shape index (κ1) is 29.8. The predicted molar refractivity (Wildman–Crippen MR) is 147 cm³/mol. The molecule has 0 radical (unpaired) electrons. The van der Waals surface area contributed by atoms with E-state index >= 15 is 0 Å². The number of aliphatic hydroxyl groups is 1. The number of hydrogen-bond donors (Lipinski definition) is 3. The third-order valence-corrected chi connectivity index (χ3v) is 7.79. The van der Waals surface area contributed by atoms with Crippen molar-refractivity contribution in [3.63, 3.8) is 0 Å². The number of amides is 1. The number of aromatic nitrogens is 1. The summed E-state index contributed by atoms with van der Waals surface area (Å²) in [7, 11) is 0. The summed E-state index contributed by atoms with van der Waals surface area (Å²) in [6.45, 7) is 11.7. The van der Waals surface area contributed by atoms with Crippen molar-refractivity contribution in [3.8, 4) is 22.6 Å². The van der Waals surface area contributed by atoms with Gasteiger partial charge < -0.3 is 20.3 Å². The van der Waals surface area contributed by atoms with Crippen LogP contribution in [0.15, 0.2) is 40.9 Å². The molecule has 1 amide bonds. The summed E-state index contributed by atoms with van der Waals surface area (Å²) in [6, 6.07) is 8.73. The molecule has 38 heavy (non-hydrogen) atoms. The number of hydrogen-bond acceptors (Lipinski definition) is 8. The van der Waals surface area contributed by atoms with E-state index in [0.29, 0.717) is 0 Å². The smallest absolute Gasteiger partial charge is 0.395 e. The van der Waals surface area contributed by atoms with Gasteiger partial charge in [-0.3, -0.25) is 9.93 Å². The molecule has 1 aromatic heterocycles. The van der Waals surface area contributed by atoms with E-state index in [0.717, 1.165) is 49.0 Å². The number of fused-ring (bicyclic) bond motifs is 1. The van der Waals surface area contributed by atoms with Crippen LogP contribution < -0.4 is 20.3 Å². The Morgan fingerprint density at radius 1 is 1.08 bits per heavy atom. The predicted octanol–water partition coefficient (Wildman–Crippen LogP) is 6.29. The van der Waals surface area contributed by atoms with Gasteiger partial charge in [0.2, 0.25) is 5.91 Å². The molecular weight excluding hydrogens is 532 g/mol. The lowest BCUT2D eigenvalue weighted by Gasteiger charge is -2.21. The maximum atomic E-state index is 13.3. The molecule has 206 valence electrons. The van der Waals surface area contributed by atoms with Gasteiger partial charge in [0.05, 0.1) is 16.9 Å². The molecule has 3 aromatic rings. The van der Waals surface area contributed by atoms with E-state index in [9.17, 15) is 18.7 Å².